The molecule has 9 nitrogen and oxygen atoms in total. The zero-order valence-corrected chi connectivity index (χ0v) is 13.0. The van der Waals surface area contributed by atoms with E-state index >= 15 is 0 Å². The van der Waals surface area contributed by atoms with Crippen LogP contribution in [-0.2, 0) is 18.9 Å². The van der Waals surface area contributed by atoms with E-state index in [1.807, 2.05) is 0 Å². The predicted molar refractivity (Wildman–Crippen MR) is 74.7 cm³/mol. The Morgan fingerprint density at radius 1 is 1.43 bits per heavy atom. The largest absolute Gasteiger partial charge is 0.464 e. The number of nitrogens with zero attached hydrogens (tertiary/aromatic N) is 2. The average Bonchev–Trinajstić information content (AvgIpc) is 2.99. The lowest BCUT2D eigenvalue weighted by Crippen LogP contribution is -2.36. The Bertz CT molecular complexity index is 671. The number of esters is 1. The number of hydrogen-bond donors (Lipinski definition) is 1. The molecule has 3 rings (SSSR count). The van der Waals surface area contributed by atoms with Gasteiger partial charge >= 0.3 is 5.97 Å². The molecule has 0 radical (unpaired) electrons. The van der Waals surface area contributed by atoms with Crippen LogP contribution >= 0.6 is 0 Å². The standard InChI is InChI=1S/C14H18N2O7/c1-14(2)22-9-7(6-17)21-12(10(9)23-14)16-5-4-15-8(11(16)18)13(19)20-3/h4-5,7,9-10,12,17H,6H2,1-3H3/t7-,9-,10+,12-/m1/s1. The van der Waals surface area contributed by atoms with Gasteiger partial charge in [-0.05, 0) is 13.8 Å². The van der Waals surface area contributed by atoms with Crippen molar-refractivity contribution in [3.63, 3.8) is 0 Å². The molecule has 0 unspecified atom stereocenters. The number of carbonyl (C=O) groups excluding carboxylic acids is 1. The molecule has 1 aromatic rings. The van der Waals surface area contributed by atoms with E-state index in [0.717, 1.165) is 0 Å². The zero-order valence-electron chi connectivity index (χ0n) is 13.0. The van der Waals surface area contributed by atoms with Crippen LogP contribution in [0.3, 0.4) is 0 Å². The summed E-state index contributed by atoms with van der Waals surface area (Å²) in [7, 11) is 1.17. The van der Waals surface area contributed by atoms with Gasteiger partial charge in [-0.3, -0.25) is 9.36 Å². The Morgan fingerprint density at radius 2 is 2.13 bits per heavy atom. The van der Waals surface area contributed by atoms with Crippen molar-refractivity contribution in [2.75, 3.05) is 13.7 Å². The second-order valence-corrected chi connectivity index (χ2v) is 5.79. The van der Waals surface area contributed by atoms with Gasteiger partial charge in [0.25, 0.3) is 5.56 Å². The Hall–Kier alpha value is -1.81. The van der Waals surface area contributed by atoms with Crippen molar-refractivity contribution < 1.29 is 28.8 Å². The van der Waals surface area contributed by atoms with Crippen LogP contribution in [0.25, 0.3) is 0 Å². The maximum atomic E-state index is 12.5. The van der Waals surface area contributed by atoms with E-state index in [1.165, 1.54) is 24.1 Å². The summed E-state index contributed by atoms with van der Waals surface area (Å²) in [6.45, 7) is 3.21. The first-order chi connectivity index (χ1) is 10.9. The monoisotopic (exact) mass is 326 g/mol. The van der Waals surface area contributed by atoms with Crippen LogP contribution in [0.15, 0.2) is 17.2 Å². The lowest BCUT2D eigenvalue weighted by Gasteiger charge is -2.24. The number of rotatable bonds is 3. The van der Waals surface area contributed by atoms with Crippen molar-refractivity contribution in [1.82, 2.24) is 9.55 Å². The average molecular weight is 326 g/mol. The van der Waals surface area contributed by atoms with E-state index in [1.54, 1.807) is 13.8 Å². The second-order valence-electron chi connectivity index (χ2n) is 5.79. The highest BCUT2D eigenvalue weighted by Gasteiger charge is 2.55. The van der Waals surface area contributed by atoms with Gasteiger partial charge in [-0.15, -0.1) is 0 Å². The van der Waals surface area contributed by atoms with Gasteiger partial charge in [-0.1, -0.05) is 0 Å². The van der Waals surface area contributed by atoms with Crippen molar-refractivity contribution in [2.45, 2.75) is 44.2 Å². The first-order valence-corrected chi connectivity index (χ1v) is 7.15. The molecule has 0 spiro atoms. The number of carbonyl (C=O) groups is 1. The Morgan fingerprint density at radius 3 is 2.78 bits per heavy atom. The molecular formula is C14H18N2O7. The summed E-state index contributed by atoms with van der Waals surface area (Å²) in [5, 5.41) is 9.46. The van der Waals surface area contributed by atoms with Crippen molar-refractivity contribution in [1.29, 1.82) is 0 Å². The van der Waals surface area contributed by atoms with Gasteiger partial charge in [-0.2, -0.15) is 0 Å². The van der Waals surface area contributed by atoms with Gasteiger partial charge in [0.05, 0.1) is 13.7 Å². The predicted octanol–water partition coefficient (Wildman–Crippen LogP) is -0.560. The van der Waals surface area contributed by atoms with E-state index in [4.69, 9.17) is 14.2 Å². The Balaban J connectivity index is 1.99. The maximum Gasteiger partial charge on any atom is 0.362 e. The lowest BCUT2D eigenvalue weighted by molar-refractivity contribution is -0.200. The minimum atomic E-state index is -0.855. The second kappa shape index (κ2) is 5.68. The van der Waals surface area contributed by atoms with Crippen molar-refractivity contribution in [2.24, 2.45) is 0 Å². The van der Waals surface area contributed by atoms with E-state index in [9.17, 15) is 14.7 Å². The highest BCUT2D eigenvalue weighted by molar-refractivity contribution is 5.86. The molecule has 0 amide bonds. The molecule has 0 aliphatic carbocycles. The van der Waals surface area contributed by atoms with Gasteiger partial charge in [0.1, 0.15) is 18.3 Å². The summed E-state index contributed by atoms with van der Waals surface area (Å²) >= 11 is 0. The first-order valence-electron chi connectivity index (χ1n) is 7.15. The van der Waals surface area contributed by atoms with E-state index in [-0.39, 0.29) is 12.3 Å². The van der Waals surface area contributed by atoms with Crippen LogP contribution in [0, 0.1) is 0 Å². The molecule has 126 valence electrons. The molecule has 2 saturated heterocycles. The fourth-order valence-electron chi connectivity index (χ4n) is 2.89. The van der Waals surface area contributed by atoms with Gasteiger partial charge in [0, 0.05) is 12.4 Å². The summed E-state index contributed by atoms with van der Waals surface area (Å²) in [6, 6.07) is 0. The van der Waals surface area contributed by atoms with Crippen molar-refractivity contribution in [3.05, 3.63) is 28.4 Å². The lowest BCUT2D eigenvalue weighted by atomic mass is 10.1. The number of hydrogen-bond acceptors (Lipinski definition) is 8. The molecule has 9 heteroatoms. The van der Waals surface area contributed by atoms with Crippen molar-refractivity contribution in [3.8, 4) is 0 Å². The van der Waals surface area contributed by atoms with Crippen LogP contribution in [0.2, 0.25) is 0 Å². The molecule has 4 atom stereocenters. The summed E-state index contributed by atoms with van der Waals surface area (Å²) in [5.41, 5.74) is -1.00. The maximum absolute atomic E-state index is 12.5. The molecular weight excluding hydrogens is 308 g/mol. The van der Waals surface area contributed by atoms with Gasteiger partial charge < -0.3 is 24.1 Å². The van der Waals surface area contributed by atoms with Crippen LogP contribution < -0.4 is 5.56 Å². The summed E-state index contributed by atoms with van der Waals surface area (Å²) in [4.78, 5) is 27.8. The van der Waals surface area contributed by atoms with E-state index < -0.39 is 41.9 Å². The van der Waals surface area contributed by atoms with E-state index in [0.29, 0.717) is 0 Å². The minimum absolute atomic E-state index is 0.277. The molecule has 0 aromatic carbocycles. The van der Waals surface area contributed by atoms with Crippen LogP contribution in [0.1, 0.15) is 30.6 Å². The normalized spacial score (nSPS) is 31.8. The molecule has 3 heterocycles. The topological polar surface area (TPSA) is 109 Å². The summed E-state index contributed by atoms with van der Waals surface area (Å²) in [5.74, 6) is -1.69. The highest BCUT2D eigenvalue weighted by atomic mass is 16.8. The third kappa shape index (κ3) is 2.65. The molecule has 1 aromatic heterocycles. The Labute approximate surface area is 131 Å². The molecule has 0 saturated carbocycles. The van der Waals surface area contributed by atoms with Gasteiger partial charge in [0.2, 0.25) is 5.69 Å². The number of ether oxygens (including phenoxy) is 4. The molecule has 2 aliphatic heterocycles. The molecule has 0 bridgehead atoms. The van der Waals surface area contributed by atoms with Gasteiger partial charge in [-0.25, -0.2) is 9.78 Å². The van der Waals surface area contributed by atoms with Crippen LogP contribution in [-0.4, -0.2) is 58.4 Å². The Kier molecular flexibility index (Phi) is 3.96. The van der Waals surface area contributed by atoms with E-state index in [2.05, 4.69) is 9.72 Å². The quantitative estimate of drug-likeness (QED) is 0.736. The SMILES string of the molecule is COC(=O)c1nccn([C@@H]2O[C@H](CO)[C@H]3OC(C)(C)O[C@@H]32)c1=O. The fraction of sp³-hybridized carbons (Fsp3) is 0.643. The summed E-state index contributed by atoms with van der Waals surface area (Å²) < 4.78 is 23.0. The molecule has 1 N–H and O–H groups in total. The number of aromatic nitrogens is 2. The van der Waals surface area contributed by atoms with Crippen LogP contribution in [0.5, 0.6) is 0 Å². The molecule has 2 aliphatic rings. The third-order valence-corrected chi connectivity index (χ3v) is 3.83. The molecule has 23 heavy (non-hydrogen) atoms. The number of aliphatic hydroxyl groups is 1. The number of fused-ring (bicyclic) bond motifs is 1. The van der Waals surface area contributed by atoms with Crippen molar-refractivity contribution >= 4 is 5.97 Å². The minimum Gasteiger partial charge on any atom is -0.464 e. The van der Waals surface area contributed by atoms with Gasteiger partial charge in [0.15, 0.2) is 12.0 Å². The number of aliphatic hydroxyl groups excluding tert-OH is 1. The summed E-state index contributed by atoms with van der Waals surface area (Å²) in [6.07, 6.45) is 0.130. The zero-order chi connectivity index (χ0) is 16.8. The van der Waals surface area contributed by atoms with Crippen LogP contribution in [0.4, 0.5) is 0 Å². The highest BCUT2D eigenvalue weighted by Crippen LogP contribution is 2.42. The first kappa shape index (κ1) is 16.1. The smallest absolute Gasteiger partial charge is 0.362 e. The number of methoxy groups -OCH3 is 1. The third-order valence-electron chi connectivity index (χ3n) is 3.83. The fourth-order valence-corrected chi connectivity index (χ4v) is 2.89. The molecule has 2 fully saturated rings.